The number of carbonyl (C=O) groups excluding carboxylic acids is 2. The average Bonchev–Trinajstić information content (AvgIpc) is 2.85. The second kappa shape index (κ2) is 6.21. The highest BCUT2D eigenvalue weighted by molar-refractivity contribution is 9.10. The van der Waals surface area contributed by atoms with Crippen molar-refractivity contribution in [1.82, 2.24) is 5.32 Å². The molecule has 0 fully saturated rings. The predicted molar refractivity (Wildman–Crippen MR) is 80.4 cm³/mol. The summed E-state index contributed by atoms with van der Waals surface area (Å²) in [5.74, 6) is -0.582. The first kappa shape index (κ1) is 14.1. The normalized spacial score (nSPS) is 13.9. The van der Waals surface area contributed by atoms with Gasteiger partial charge in [0, 0.05) is 10.2 Å². The van der Waals surface area contributed by atoms with Gasteiger partial charge in [0.25, 0.3) is 0 Å². The molecular weight excluding hydrogens is 330 g/mol. The molecule has 1 aliphatic rings. The maximum absolute atomic E-state index is 11.7. The van der Waals surface area contributed by atoms with Crippen LogP contribution in [0.3, 0.4) is 0 Å². The van der Waals surface area contributed by atoms with Crippen molar-refractivity contribution < 1.29 is 9.59 Å². The summed E-state index contributed by atoms with van der Waals surface area (Å²) >= 11 is 4.77. The van der Waals surface area contributed by atoms with Crippen LogP contribution in [0, 0.1) is 6.92 Å². The molecule has 1 aromatic carbocycles. The first-order valence-corrected chi connectivity index (χ1v) is 7.40. The van der Waals surface area contributed by atoms with Crippen molar-refractivity contribution >= 4 is 50.4 Å². The lowest BCUT2D eigenvalue weighted by molar-refractivity contribution is -0.135. The zero-order valence-electron chi connectivity index (χ0n) is 10.2. The smallest absolute Gasteiger partial charge is 0.315 e. The summed E-state index contributed by atoms with van der Waals surface area (Å²) in [7, 11) is 0. The summed E-state index contributed by atoms with van der Waals surface area (Å²) in [6.07, 6.45) is 0. The van der Waals surface area contributed by atoms with Crippen molar-refractivity contribution in [2.75, 3.05) is 17.6 Å². The van der Waals surface area contributed by atoms with E-state index >= 15 is 0 Å². The first-order chi connectivity index (χ1) is 9.06. The Hall–Kier alpha value is -1.34. The number of anilines is 1. The zero-order valence-corrected chi connectivity index (χ0v) is 12.6. The van der Waals surface area contributed by atoms with Crippen LogP contribution in [0.1, 0.15) is 5.56 Å². The molecule has 0 unspecified atom stereocenters. The van der Waals surface area contributed by atoms with Crippen LogP contribution in [0.4, 0.5) is 5.69 Å². The van der Waals surface area contributed by atoms with Gasteiger partial charge in [-0.25, -0.2) is 0 Å². The minimum atomic E-state index is -0.709. The van der Waals surface area contributed by atoms with E-state index in [4.69, 9.17) is 0 Å². The van der Waals surface area contributed by atoms with Gasteiger partial charge in [0.05, 0.1) is 12.2 Å². The second-order valence-electron chi connectivity index (χ2n) is 3.93. The molecule has 2 amide bonds. The van der Waals surface area contributed by atoms with Gasteiger partial charge in [0.15, 0.2) is 5.17 Å². The molecular formula is C12H12BrN3O2S. The Bertz CT molecular complexity index is 560. The molecule has 0 radical (unpaired) electrons. The molecule has 0 bridgehead atoms. The Morgan fingerprint density at radius 3 is 2.68 bits per heavy atom. The van der Waals surface area contributed by atoms with E-state index in [1.807, 2.05) is 19.1 Å². The summed E-state index contributed by atoms with van der Waals surface area (Å²) in [5.41, 5.74) is 1.62. The zero-order chi connectivity index (χ0) is 13.8. The van der Waals surface area contributed by atoms with Crippen molar-refractivity contribution in [2.45, 2.75) is 6.92 Å². The SMILES string of the molecule is Cc1ccc(NC(=O)C(=O)NC2=NCCS2)c(Br)c1. The van der Waals surface area contributed by atoms with Crippen molar-refractivity contribution in [3.63, 3.8) is 0 Å². The Balaban J connectivity index is 1.98. The number of aryl methyl sites for hydroxylation is 1. The third-order valence-corrected chi connectivity index (χ3v) is 3.93. The number of hydrogen-bond acceptors (Lipinski definition) is 4. The molecule has 0 saturated carbocycles. The molecule has 100 valence electrons. The van der Waals surface area contributed by atoms with Crippen LogP contribution in [0.15, 0.2) is 27.7 Å². The number of nitrogens with zero attached hydrogens (tertiary/aromatic N) is 1. The maximum Gasteiger partial charge on any atom is 0.315 e. The van der Waals surface area contributed by atoms with Crippen molar-refractivity contribution in [3.8, 4) is 0 Å². The molecule has 5 nitrogen and oxygen atoms in total. The van der Waals surface area contributed by atoms with E-state index in [1.54, 1.807) is 6.07 Å². The largest absolute Gasteiger partial charge is 0.317 e. The highest BCUT2D eigenvalue weighted by atomic mass is 79.9. The van der Waals surface area contributed by atoms with Crippen LogP contribution in [-0.4, -0.2) is 29.3 Å². The van der Waals surface area contributed by atoms with Crippen molar-refractivity contribution in [2.24, 2.45) is 4.99 Å². The van der Waals surface area contributed by atoms with Gasteiger partial charge < -0.3 is 5.32 Å². The number of thioether (sulfide) groups is 1. The lowest BCUT2D eigenvalue weighted by Crippen LogP contribution is -2.37. The van der Waals surface area contributed by atoms with Gasteiger partial charge in [-0.15, -0.1) is 0 Å². The highest BCUT2D eigenvalue weighted by Gasteiger charge is 2.18. The number of rotatable bonds is 1. The molecule has 1 aromatic rings. The summed E-state index contributed by atoms with van der Waals surface area (Å²) in [6, 6.07) is 5.46. The van der Waals surface area contributed by atoms with Gasteiger partial charge in [-0.3, -0.25) is 19.9 Å². The molecule has 0 aliphatic carbocycles. The van der Waals surface area contributed by atoms with Crippen LogP contribution >= 0.6 is 27.7 Å². The highest BCUT2D eigenvalue weighted by Crippen LogP contribution is 2.23. The quantitative estimate of drug-likeness (QED) is 0.766. The molecule has 0 spiro atoms. The number of benzene rings is 1. The van der Waals surface area contributed by atoms with Gasteiger partial charge in [-0.05, 0) is 40.5 Å². The van der Waals surface area contributed by atoms with Gasteiger partial charge >= 0.3 is 11.8 Å². The number of amidine groups is 1. The number of hydrogen-bond donors (Lipinski definition) is 2. The Labute approximate surface area is 123 Å². The van der Waals surface area contributed by atoms with Gasteiger partial charge in [0.1, 0.15) is 0 Å². The van der Waals surface area contributed by atoms with Gasteiger partial charge in [-0.2, -0.15) is 0 Å². The number of carbonyl (C=O) groups is 2. The Morgan fingerprint density at radius 2 is 2.05 bits per heavy atom. The molecule has 1 aliphatic heterocycles. The van der Waals surface area contributed by atoms with Crippen LogP contribution < -0.4 is 10.6 Å². The Kier molecular flexibility index (Phi) is 4.60. The van der Waals surface area contributed by atoms with E-state index in [2.05, 4.69) is 31.6 Å². The molecule has 2 rings (SSSR count). The molecule has 1 heterocycles. The summed E-state index contributed by atoms with van der Waals surface area (Å²) in [4.78, 5) is 27.4. The fourth-order valence-corrected chi connectivity index (χ4v) is 2.78. The van der Waals surface area contributed by atoms with Crippen molar-refractivity contribution in [1.29, 1.82) is 0 Å². The molecule has 0 atom stereocenters. The monoisotopic (exact) mass is 341 g/mol. The first-order valence-electron chi connectivity index (χ1n) is 5.62. The third kappa shape index (κ3) is 3.81. The van der Waals surface area contributed by atoms with E-state index in [-0.39, 0.29) is 0 Å². The maximum atomic E-state index is 11.7. The number of halogens is 1. The Morgan fingerprint density at radius 1 is 1.32 bits per heavy atom. The average molecular weight is 342 g/mol. The topological polar surface area (TPSA) is 70.6 Å². The van der Waals surface area contributed by atoms with Crippen LogP contribution in [0.2, 0.25) is 0 Å². The minimum Gasteiger partial charge on any atom is -0.317 e. The summed E-state index contributed by atoms with van der Waals surface area (Å²) < 4.78 is 0.737. The van der Waals surface area contributed by atoms with Gasteiger partial charge in [-0.1, -0.05) is 17.8 Å². The molecule has 2 N–H and O–H groups in total. The predicted octanol–water partition coefficient (Wildman–Crippen LogP) is 1.92. The fraction of sp³-hybridized carbons (Fsp3) is 0.250. The fourth-order valence-electron chi connectivity index (χ4n) is 1.47. The van der Waals surface area contributed by atoms with E-state index < -0.39 is 11.8 Å². The molecule has 7 heteroatoms. The summed E-state index contributed by atoms with van der Waals surface area (Å²) in [6.45, 7) is 2.62. The van der Waals surface area contributed by atoms with Crippen LogP contribution in [0.25, 0.3) is 0 Å². The van der Waals surface area contributed by atoms with E-state index in [1.165, 1.54) is 11.8 Å². The number of amides is 2. The summed E-state index contributed by atoms with van der Waals surface area (Å²) in [5, 5.41) is 5.53. The van der Waals surface area contributed by atoms with E-state index in [0.29, 0.717) is 17.4 Å². The van der Waals surface area contributed by atoms with Gasteiger partial charge in [0.2, 0.25) is 0 Å². The third-order valence-electron chi connectivity index (χ3n) is 2.38. The van der Waals surface area contributed by atoms with Crippen molar-refractivity contribution in [3.05, 3.63) is 28.2 Å². The molecule has 0 aromatic heterocycles. The van der Waals surface area contributed by atoms with E-state index in [9.17, 15) is 9.59 Å². The number of nitrogens with one attached hydrogen (secondary N) is 2. The van der Waals surface area contributed by atoms with Crippen LogP contribution in [0.5, 0.6) is 0 Å². The molecule has 0 saturated heterocycles. The number of aliphatic imine (C=N–C) groups is 1. The lowest BCUT2D eigenvalue weighted by Gasteiger charge is -2.08. The lowest BCUT2D eigenvalue weighted by atomic mass is 10.2. The van der Waals surface area contributed by atoms with Crippen LogP contribution in [-0.2, 0) is 9.59 Å². The standard InChI is InChI=1S/C12H12BrN3O2S/c1-7-2-3-9(8(13)6-7)15-10(17)11(18)16-12-14-4-5-19-12/h2-3,6H,4-5H2,1H3,(H,15,17)(H,14,16,18). The minimum absolute atomic E-state index is 0.503. The molecule has 19 heavy (non-hydrogen) atoms. The second-order valence-corrected chi connectivity index (χ2v) is 5.86. The van der Waals surface area contributed by atoms with E-state index in [0.717, 1.165) is 15.8 Å².